The fraction of sp³-hybridized carbons (Fsp3) is 0.143. The van der Waals surface area contributed by atoms with E-state index in [4.69, 9.17) is 4.63 Å². The van der Waals surface area contributed by atoms with Crippen LogP contribution in [-0.2, 0) is 19.5 Å². The lowest BCUT2D eigenvalue weighted by atomic mass is 10.1. The van der Waals surface area contributed by atoms with Gasteiger partial charge in [-0.15, -0.1) is 0 Å². The molecule has 0 saturated heterocycles. The highest BCUT2D eigenvalue weighted by Gasteiger charge is 2.28. The van der Waals surface area contributed by atoms with Gasteiger partial charge in [-0.05, 0) is 39.5 Å². The monoisotopic (exact) mass is 479 g/mol. The highest BCUT2D eigenvalue weighted by atomic mass is 16.6. The number of fused-ring (bicyclic) bond motifs is 1. The molecule has 0 unspecified atom stereocenters. The number of nitrogens with one attached hydrogen (secondary N) is 1. The molecule has 0 bridgehead atoms. The van der Waals surface area contributed by atoms with Crippen LogP contribution in [0.15, 0.2) is 102 Å². The molecule has 0 radical (unpaired) electrons. The van der Waals surface area contributed by atoms with E-state index in [1.807, 2.05) is 66.7 Å². The number of nitrogens with zero attached hydrogens (tertiary/aromatic N) is 4. The van der Waals surface area contributed by atoms with Crippen molar-refractivity contribution in [1.29, 1.82) is 0 Å². The lowest BCUT2D eigenvalue weighted by Crippen LogP contribution is -2.26. The Hall–Kier alpha value is -4.72. The van der Waals surface area contributed by atoms with Crippen LogP contribution in [0.25, 0.3) is 11.0 Å². The smallest absolute Gasteiger partial charge is 0.323 e. The van der Waals surface area contributed by atoms with Gasteiger partial charge in [0.25, 0.3) is 0 Å². The highest BCUT2D eigenvalue weighted by Crippen LogP contribution is 2.39. The van der Waals surface area contributed by atoms with E-state index in [1.54, 1.807) is 6.07 Å². The van der Waals surface area contributed by atoms with Crippen LogP contribution in [-0.4, -0.2) is 21.8 Å². The van der Waals surface area contributed by atoms with Crippen molar-refractivity contribution in [3.05, 3.63) is 124 Å². The van der Waals surface area contributed by atoms with Gasteiger partial charge in [-0.1, -0.05) is 91.0 Å². The van der Waals surface area contributed by atoms with Gasteiger partial charge in [0.15, 0.2) is 5.52 Å². The molecule has 0 spiro atoms. The van der Waals surface area contributed by atoms with Crippen LogP contribution in [0.4, 0.5) is 17.1 Å². The van der Waals surface area contributed by atoms with Gasteiger partial charge in [0.2, 0.25) is 5.52 Å². The molecule has 0 fully saturated rings. The topological polar surface area (TPSA) is 97.3 Å². The Morgan fingerprint density at radius 2 is 1.39 bits per heavy atom. The fourth-order valence-corrected chi connectivity index (χ4v) is 4.26. The number of hydrogen-bond acceptors (Lipinski definition) is 7. The summed E-state index contributed by atoms with van der Waals surface area (Å²) in [4.78, 5) is 13.8. The third-order valence-corrected chi connectivity index (χ3v) is 6.07. The minimum Gasteiger partial charge on any atom is -0.375 e. The van der Waals surface area contributed by atoms with Gasteiger partial charge < -0.3 is 10.2 Å². The number of nitro benzene ring substituents is 1. The second-order valence-electron chi connectivity index (χ2n) is 8.49. The minimum absolute atomic E-state index is 0.130. The van der Waals surface area contributed by atoms with Gasteiger partial charge in [0, 0.05) is 19.6 Å². The zero-order chi connectivity index (χ0) is 24.7. The first kappa shape index (κ1) is 23.0. The van der Waals surface area contributed by atoms with E-state index < -0.39 is 4.92 Å². The largest absolute Gasteiger partial charge is 0.375 e. The molecule has 0 atom stereocenters. The number of anilines is 2. The van der Waals surface area contributed by atoms with E-state index in [9.17, 15) is 10.1 Å². The van der Waals surface area contributed by atoms with Crippen LogP contribution >= 0.6 is 0 Å². The molecule has 8 heteroatoms. The number of aromatic nitrogens is 2. The van der Waals surface area contributed by atoms with E-state index in [0.29, 0.717) is 30.8 Å². The van der Waals surface area contributed by atoms with Crippen LogP contribution < -0.4 is 10.2 Å². The SMILES string of the molecule is O=[N+]([O-])c1c(NCc2ccccc2)cc(N(CCc2ccccc2)Cc2ccccc2)c2nonc12. The van der Waals surface area contributed by atoms with Gasteiger partial charge in [-0.25, -0.2) is 4.63 Å². The maximum absolute atomic E-state index is 12.1. The first-order valence-electron chi connectivity index (χ1n) is 11.7. The Kier molecular flexibility index (Phi) is 6.84. The predicted molar refractivity (Wildman–Crippen MR) is 140 cm³/mol. The molecule has 8 nitrogen and oxygen atoms in total. The van der Waals surface area contributed by atoms with Crippen LogP contribution in [0.1, 0.15) is 16.7 Å². The van der Waals surface area contributed by atoms with E-state index in [-0.39, 0.29) is 11.2 Å². The van der Waals surface area contributed by atoms with Gasteiger partial charge in [0.05, 0.1) is 10.6 Å². The van der Waals surface area contributed by atoms with Gasteiger partial charge in [-0.2, -0.15) is 0 Å². The summed E-state index contributed by atoms with van der Waals surface area (Å²) in [5, 5.41) is 23.3. The zero-order valence-electron chi connectivity index (χ0n) is 19.6. The van der Waals surface area contributed by atoms with Crippen molar-refractivity contribution >= 4 is 28.1 Å². The molecule has 0 aliphatic carbocycles. The van der Waals surface area contributed by atoms with Crippen molar-refractivity contribution < 1.29 is 9.55 Å². The average molecular weight is 480 g/mol. The Labute approximate surface area is 208 Å². The van der Waals surface area contributed by atoms with E-state index in [0.717, 1.165) is 23.2 Å². The summed E-state index contributed by atoms with van der Waals surface area (Å²) in [6.45, 7) is 1.71. The first-order chi connectivity index (χ1) is 17.7. The molecule has 1 N–H and O–H groups in total. The molecule has 4 aromatic carbocycles. The fourth-order valence-electron chi connectivity index (χ4n) is 4.26. The summed E-state index contributed by atoms with van der Waals surface area (Å²) in [5.74, 6) is 0. The van der Waals surface area contributed by atoms with Crippen molar-refractivity contribution in [2.24, 2.45) is 0 Å². The molecule has 0 aliphatic heterocycles. The Morgan fingerprint density at radius 1 is 0.806 bits per heavy atom. The third-order valence-electron chi connectivity index (χ3n) is 6.07. The molecule has 0 amide bonds. The molecule has 0 aliphatic rings. The summed E-state index contributed by atoms with van der Waals surface area (Å²) in [7, 11) is 0. The summed E-state index contributed by atoms with van der Waals surface area (Å²) < 4.78 is 5.02. The van der Waals surface area contributed by atoms with E-state index in [1.165, 1.54) is 5.56 Å². The lowest BCUT2D eigenvalue weighted by Gasteiger charge is -2.26. The van der Waals surface area contributed by atoms with E-state index >= 15 is 0 Å². The van der Waals surface area contributed by atoms with Crippen molar-refractivity contribution in [3.63, 3.8) is 0 Å². The number of hydrogen-bond donors (Lipinski definition) is 1. The molecule has 1 aromatic heterocycles. The summed E-state index contributed by atoms with van der Waals surface area (Å²) >= 11 is 0. The highest BCUT2D eigenvalue weighted by molar-refractivity contribution is 5.99. The van der Waals surface area contributed by atoms with E-state index in [2.05, 4.69) is 44.8 Å². The van der Waals surface area contributed by atoms with Crippen molar-refractivity contribution in [2.75, 3.05) is 16.8 Å². The molecular weight excluding hydrogens is 454 g/mol. The van der Waals surface area contributed by atoms with Gasteiger partial charge >= 0.3 is 5.69 Å². The quantitative estimate of drug-likeness (QED) is 0.194. The predicted octanol–water partition coefficient (Wildman–Crippen LogP) is 5.99. The first-order valence-corrected chi connectivity index (χ1v) is 11.7. The standard InChI is InChI=1S/C28H25N5O3/c34-33(35)28-24(29-19-22-12-6-2-7-13-22)18-25(26-27(28)31-36-30-26)32(20-23-14-8-3-9-15-23)17-16-21-10-4-1-5-11-21/h1-15,18,29H,16-17,19-20H2. The number of nitro groups is 1. The molecule has 36 heavy (non-hydrogen) atoms. The van der Waals surface area contributed by atoms with Crippen LogP contribution in [0, 0.1) is 10.1 Å². The molecule has 180 valence electrons. The molecule has 5 rings (SSSR count). The average Bonchev–Trinajstić information content (AvgIpc) is 3.40. The lowest BCUT2D eigenvalue weighted by molar-refractivity contribution is -0.382. The second-order valence-corrected chi connectivity index (χ2v) is 8.49. The number of benzene rings is 4. The van der Waals surface area contributed by atoms with Crippen molar-refractivity contribution in [1.82, 2.24) is 10.3 Å². The van der Waals surface area contributed by atoms with Crippen molar-refractivity contribution in [2.45, 2.75) is 19.5 Å². The van der Waals surface area contributed by atoms with Crippen LogP contribution in [0.5, 0.6) is 0 Å². The van der Waals surface area contributed by atoms with Crippen LogP contribution in [0.3, 0.4) is 0 Å². The van der Waals surface area contributed by atoms with Gasteiger partial charge in [0.1, 0.15) is 5.69 Å². The summed E-state index contributed by atoms with van der Waals surface area (Å²) in [5.41, 5.74) is 4.79. The maximum atomic E-state index is 12.1. The van der Waals surface area contributed by atoms with Crippen molar-refractivity contribution in [3.8, 4) is 0 Å². The third kappa shape index (κ3) is 5.17. The Balaban J connectivity index is 1.55. The maximum Gasteiger partial charge on any atom is 0.323 e. The Bertz CT molecular complexity index is 1440. The zero-order valence-corrected chi connectivity index (χ0v) is 19.6. The molecule has 1 heterocycles. The molecule has 5 aromatic rings. The van der Waals surface area contributed by atoms with Gasteiger partial charge in [-0.3, -0.25) is 10.1 Å². The summed E-state index contributed by atoms with van der Waals surface area (Å²) in [6.07, 6.45) is 0.796. The molecular formula is C28H25N5O3. The number of rotatable bonds is 10. The normalized spacial score (nSPS) is 10.9. The minimum atomic E-state index is -0.435. The Morgan fingerprint density at radius 3 is 2.03 bits per heavy atom. The second kappa shape index (κ2) is 10.7. The molecule has 0 saturated carbocycles. The summed E-state index contributed by atoms with van der Waals surface area (Å²) in [6, 6.07) is 31.9. The van der Waals surface area contributed by atoms with Crippen LogP contribution in [0.2, 0.25) is 0 Å².